The van der Waals surface area contributed by atoms with Gasteiger partial charge in [-0.1, -0.05) is 0 Å². The van der Waals surface area contributed by atoms with Crippen LogP contribution in [0.3, 0.4) is 0 Å². The molecule has 0 unspecified atom stereocenters. The Hall–Kier alpha value is -1.98. The molecule has 1 aromatic heterocycles. The molecule has 6 nitrogen and oxygen atoms in total. The van der Waals surface area contributed by atoms with E-state index in [1.807, 2.05) is 0 Å². The highest BCUT2D eigenvalue weighted by Gasteiger charge is 1.97. The monoisotopic (exact) mass is 196 g/mol. The van der Waals surface area contributed by atoms with E-state index in [4.69, 9.17) is 11.5 Å². The van der Waals surface area contributed by atoms with Crippen LogP contribution in [-0.4, -0.2) is 24.2 Å². The molecule has 0 aliphatic carbocycles. The molecule has 0 saturated heterocycles. The average Bonchev–Trinajstić information content (AvgIpc) is 2.15. The molecule has 1 rings (SSSR count). The maximum Gasteiger partial charge on any atom is 0.404 e. The van der Waals surface area contributed by atoms with E-state index in [0.717, 1.165) is 0 Å². The summed E-state index contributed by atoms with van der Waals surface area (Å²) in [4.78, 5) is 14.1. The first-order valence-electron chi connectivity index (χ1n) is 4.06. The summed E-state index contributed by atoms with van der Waals surface area (Å²) in [5.41, 5.74) is 11.0. The Balaban J connectivity index is 2.31. The van der Waals surface area contributed by atoms with Crippen molar-refractivity contribution in [2.24, 2.45) is 5.73 Å². The fourth-order valence-corrected chi connectivity index (χ4v) is 0.904. The summed E-state index contributed by atoms with van der Waals surface area (Å²) < 4.78 is 4.52. The summed E-state index contributed by atoms with van der Waals surface area (Å²) in [7, 11) is 0. The normalized spacial score (nSPS) is 9.43. The lowest BCUT2D eigenvalue weighted by Gasteiger charge is -2.07. The highest BCUT2D eigenvalue weighted by atomic mass is 16.5. The van der Waals surface area contributed by atoms with Gasteiger partial charge >= 0.3 is 6.09 Å². The van der Waals surface area contributed by atoms with Gasteiger partial charge in [0.1, 0.15) is 12.4 Å². The van der Waals surface area contributed by atoms with Crippen LogP contribution in [0.15, 0.2) is 18.3 Å². The Morgan fingerprint density at radius 3 is 3.07 bits per heavy atom. The maximum absolute atomic E-state index is 10.2. The molecule has 5 N–H and O–H groups in total. The summed E-state index contributed by atoms with van der Waals surface area (Å²) in [6.07, 6.45) is 0.811. The summed E-state index contributed by atoms with van der Waals surface area (Å²) >= 11 is 0. The van der Waals surface area contributed by atoms with Crippen LogP contribution in [0.2, 0.25) is 0 Å². The predicted molar refractivity (Wildman–Crippen MR) is 52.7 cm³/mol. The highest BCUT2D eigenvalue weighted by molar-refractivity contribution is 5.64. The fraction of sp³-hybridized carbons (Fsp3) is 0.250. The average molecular weight is 196 g/mol. The number of carbonyl (C=O) groups excluding carboxylic acids is 1. The van der Waals surface area contributed by atoms with Crippen molar-refractivity contribution < 1.29 is 9.53 Å². The Kier molecular flexibility index (Phi) is 3.54. The number of carbonyl (C=O) groups is 1. The number of hydrogen-bond donors (Lipinski definition) is 3. The van der Waals surface area contributed by atoms with E-state index in [2.05, 4.69) is 15.0 Å². The van der Waals surface area contributed by atoms with Gasteiger partial charge in [0.25, 0.3) is 0 Å². The van der Waals surface area contributed by atoms with Crippen LogP contribution in [0.1, 0.15) is 0 Å². The summed E-state index contributed by atoms with van der Waals surface area (Å²) in [5.74, 6) is 0.409. The number of aromatic nitrogens is 1. The van der Waals surface area contributed by atoms with E-state index in [1.54, 1.807) is 18.3 Å². The SMILES string of the molecule is NC(=O)OCCNc1cccnc1N. The number of pyridine rings is 1. The molecular weight excluding hydrogens is 184 g/mol. The number of nitrogen functional groups attached to an aromatic ring is 1. The van der Waals surface area contributed by atoms with Gasteiger partial charge in [-0.25, -0.2) is 9.78 Å². The molecule has 1 heterocycles. The molecule has 0 aliphatic heterocycles. The van der Waals surface area contributed by atoms with Gasteiger partial charge in [0.05, 0.1) is 5.69 Å². The van der Waals surface area contributed by atoms with Gasteiger partial charge in [-0.05, 0) is 12.1 Å². The lowest BCUT2D eigenvalue weighted by Crippen LogP contribution is -2.18. The first-order chi connectivity index (χ1) is 6.70. The Morgan fingerprint density at radius 1 is 1.64 bits per heavy atom. The number of amides is 1. The minimum atomic E-state index is -0.786. The van der Waals surface area contributed by atoms with Crippen LogP contribution in [0.25, 0.3) is 0 Å². The molecule has 0 radical (unpaired) electrons. The first kappa shape index (κ1) is 10.1. The van der Waals surface area contributed by atoms with Gasteiger partial charge in [-0.2, -0.15) is 0 Å². The number of primary amides is 1. The quantitative estimate of drug-likeness (QED) is 0.595. The smallest absolute Gasteiger partial charge is 0.404 e. The van der Waals surface area contributed by atoms with Crippen molar-refractivity contribution >= 4 is 17.6 Å². The lowest BCUT2D eigenvalue weighted by atomic mass is 10.4. The van der Waals surface area contributed by atoms with Crippen LogP contribution in [-0.2, 0) is 4.74 Å². The molecule has 0 fully saturated rings. The lowest BCUT2D eigenvalue weighted by molar-refractivity contribution is 0.161. The van der Waals surface area contributed by atoms with Crippen LogP contribution in [0.5, 0.6) is 0 Å². The van der Waals surface area contributed by atoms with Crippen molar-refractivity contribution in [1.29, 1.82) is 0 Å². The second-order valence-corrected chi connectivity index (χ2v) is 2.53. The molecule has 0 atom stereocenters. The van der Waals surface area contributed by atoms with Gasteiger partial charge in [-0.15, -0.1) is 0 Å². The third-order valence-corrected chi connectivity index (χ3v) is 1.50. The Labute approximate surface area is 81.3 Å². The van der Waals surface area contributed by atoms with Crippen molar-refractivity contribution in [2.75, 3.05) is 24.2 Å². The van der Waals surface area contributed by atoms with E-state index in [-0.39, 0.29) is 6.61 Å². The number of nitrogens with zero attached hydrogens (tertiary/aromatic N) is 1. The van der Waals surface area contributed by atoms with Gasteiger partial charge in [0, 0.05) is 12.7 Å². The molecule has 14 heavy (non-hydrogen) atoms. The van der Waals surface area contributed by atoms with Crippen molar-refractivity contribution in [2.45, 2.75) is 0 Å². The largest absolute Gasteiger partial charge is 0.448 e. The van der Waals surface area contributed by atoms with E-state index >= 15 is 0 Å². The molecule has 1 aromatic rings. The minimum Gasteiger partial charge on any atom is -0.448 e. The topological polar surface area (TPSA) is 103 Å². The van der Waals surface area contributed by atoms with E-state index in [0.29, 0.717) is 18.1 Å². The molecule has 0 aromatic carbocycles. The second kappa shape index (κ2) is 4.90. The standard InChI is InChI=1S/C8H12N4O2/c9-7-6(2-1-3-12-7)11-4-5-14-8(10)13/h1-3,11H,4-5H2,(H2,9,12)(H2,10,13). The zero-order valence-corrected chi connectivity index (χ0v) is 7.56. The summed E-state index contributed by atoms with van der Waals surface area (Å²) in [5, 5.41) is 2.95. The van der Waals surface area contributed by atoms with Crippen molar-refractivity contribution in [3.63, 3.8) is 0 Å². The van der Waals surface area contributed by atoms with Gasteiger partial charge < -0.3 is 21.5 Å². The number of hydrogen-bond acceptors (Lipinski definition) is 5. The van der Waals surface area contributed by atoms with Crippen LogP contribution >= 0.6 is 0 Å². The first-order valence-corrected chi connectivity index (χ1v) is 4.06. The van der Waals surface area contributed by atoms with Gasteiger partial charge in [-0.3, -0.25) is 0 Å². The van der Waals surface area contributed by atoms with E-state index in [9.17, 15) is 4.79 Å². The molecule has 0 bridgehead atoms. The van der Waals surface area contributed by atoms with Crippen LogP contribution in [0.4, 0.5) is 16.3 Å². The summed E-state index contributed by atoms with van der Waals surface area (Å²) in [6, 6.07) is 3.54. The molecule has 76 valence electrons. The van der Waals surface area contributed by atoms with E-state index in [1.165, 1.54) is 0 Å². The molecule has 0 aliphatic rings. The zero-order valence-electron chi connectivity index (χ0n) is 7.56. The van der Waals surface area contributed by atoms with Crippen molar-refractivity contribution in [1.82, 2.24) is 4.98 Å². The van der Waals surface area contributed by atoms with E-state index < -0.39 is 6.09 Å². The predicted octanol–water partition coefficient (Wildman–Crippen LogP) is 0.171. The third kappa shape index (κ3) is 3.18. The zero-order chi connectivity index (χ0) is 10.4. The molecule has 0 spiro atoms. The fourth-order valence-electron chi connectivity index (χ4n) is 0.904. The van der Waals surface area contributed by atoms with Crippen molar-refractivity contribution in [3.8, 4) is 0 Å². The molecule has 1 amide bonds. The molecule has 0 saturated carbocycles. The maximum atomic E-state index is 10.2. The third-order valence-electron chi connectivity index (χ3n) is 1.50. The molecular formula is C8H12N4O2. The number of rotatable bonds is 4. The summed E-state index contributed by atoms with van der Waals surface area (Å²) in [6.45, 7) is 0.641. The number of nitrogens with two attached hydrogens (primary N) is 2. The highest BCUT2D eigenvalue weighted by Crippen LogP contribution is 2.12. The number of anilines is 2. The Morgan fingerprint density at radius 2 is 2.43 bits per heavy atom. The minimum absolute atomic E-state index is 0.198. The van der Waals surface area contributed by atoms with Crippen molar-refractivity contribution in [3.05, 3.63) is 18.3 Å². The second-order valence-electron chi connectivity index (χ2n) is 2.53. The molecule has 6 heteroatoms. The Bertz CT molecular complexity index is 316. The number of ether oxygens (including phenoxy) is 1. The van der Waals surface area contributed by atoms with Crippen LogP contribution < -0.4 is 16.8 Å². The number of nitrogens with one attached hydrogen (secondary N) is 1. The van der Waals surface area contributed by atoms with Crippen LogP contribution in [0, 0.1) is 0 Å². The van der Waals surface area contributed by atoms with Gasteiger partial charge in [0.2, 0.25) is 0 Å². The van der Waals surface area contributed by atoms with Gasteiger partial charge in [0.15, 0.2) is 0 Å².